The smallest absolute Gasteiger partial charge is 0.242 e. The third-order valence-corrected chi connectivity index (χ3v) is 3.34. The van der Waals surface area contributed by atoms with Crippen LogP contribution in [0.15, 0.2) is 6.33 Å². The van der Waals surface area contributed by atoms with Crippen molar-refractivity contribution < 1.29 is 4.74 Å². The molecule has 0 aromatic carbocycles. The van der Waals surface area contributed by atoms with Gasteiger partial charge in [-0.3, -0.25) is 0 Å². The van der Waals surface area contributed by atoms with Crippen molar-refractivity contribution in [3.05, 3.63) is 6.33 Å². The fourth-order valence-electron chi connectivity index (χ4n) is 1.73. The molecular formula is C14H26N4O. The van der Waals surface area contributed by atoms with Gasteiger partial charge in [-0.15, -0.1) is 0 Å². The molecule has 0 aliphatic heterocycles. The minimum atomic E-state index is 0.0374. The number of nitrogens with zero attached hydrogens (tertiary/aromatic N) is 3. The van der Waals surface area contributed by atoms with E-state index in [0.29, 0.717) is 17.4 Å². The molecule has 0 amide bonds. The third-order valence-electron chi connectivity index (χ3n) is 3.34. The van der Waals surface area contributed by atoms with Gasteiger partial charge >= 0.3 is 0 Å². The van der Waals surface area contributed by atoms with Gasteiger partial charge in [0.1, 0.15) is 12.0 Å². The summed E-state index contributed by atoms with van der Waals surface area (Å²) < 4.78 is 5.60. The molecule has 1 rings (SSSR count). The number of nitrogens with two attached hydrogens (primary N) is 1. The summed E-state index contributed by atoms with van der Waals surface area (Å²) in [5.74, 6) is 1.17. The van der Waals surface area contributed by atoms with Crippen molar-refractivity contribution in [1.29, 1.82) is 0 Å². The second-order valence-corrected chi connectivity index (χ2v) is 6.24. The van der Waals surface area contributed by atoms with Crippen LogP contribution in [0.2, 0.25) is 0 Å². The van der Waals surface area contributed by atoms with Gasteiger partial charge in [0.15, 0.2) is 5.82 Å². The highest BCUT2D eigenvalue weighted by atomic mass is 16.5. The van der Waals surface area contributed by atoms with E-state index >= 15 is 0 Å². The highest BCUT2D eigenvalue weighted by Crippen LogP contribution is 2.32. The molecule has 0 spiro atoms. The van der Waals surface area contributed by atoms with Crippen LogP contribution < -0.4 is 15.4 Å². The summed E-state index contributed by atoms with van der Waals surface area (Å²) in [6, 6.07) is 0.289. The zero-order valence-corrected chi connectivity index (χ0v) is 13.1. The van der Waals surface area contributed by atoms with E-state index in [9.17, 15) is 0 Å². The van der Waals surface area contributed by atoms with E-state index in [0.717, 1.165) is 0 Å². The molecule has 1 aromatic heterocycles. The second-order valence-electron chi connectivity index (χ2n) is 6.24. The first-order chi connectivity index (χ1) is 8.64. The fraction of sp³-hybridized carbons (Fsp3) is 0.714. The van der Waals surface area contributed by atoms with Crippen LogP contribution in [-0.4, -0.2) is 29.2 Å². The second kappa shape index (κ2) is 5.63. The van der Waals surface area contributed by atoms with Crippen molar-refractivity contribution in [3.8, 4) is 5.88 Å². The van der Waals surface area contributed by atoms with Crippen molar-refractivity contribution >= 4 is 11.5 Å². The summed E-state index contributed by atoms with van der Waals surface area (Å²) in [5, 5.41) is 0. The van der Waals surface area contributed by atoms with E-state index in [2.05, 4.69) is 42.6 Å². The highest BCUT2D eigenvalue weighted by molar-refractivity contribution is 5.67. The van der Waals surface area contributed by atoms with Gasteiger partial charge in [0.05, 0.1) is 6.10 Å². The van der Waals surface area contributed by atoms with Crippen LogP contribution in [0, 0.1) is 5.41 Å². The van der Waals surface area contributed by atoms with E-state index in [1.807, 2.05) is 20.9 Å². The van der Waals surface area contributed by atoms with E-state index in [1.54, 1.807) is 0 Å². The Morgan fingerprint density at radius 3 is 2.26 bits per heavy atom. The van der Waals surface area contributed by atoms with Crippen LogP contribution in [0.5, 0.6) is 5.88 Å². The van der Waals surface area contributed by atoms with Gasteiger partial charge in [-0.25, -0.2) is 4.98 Å². The van der Waals surface area contributed by atoms with Crippen molar-refractivity contribution in [3.63, 3.8) is 0 Å². The molecule has 2 N–H and O–H groups in total. The van der Waals surface area contributed by atoms with Crippen LogP contribution in [0.25, 0.3) is 0 Å². The van der Waals surface area contributed by atoms with E-state index in [-0.39, 0.29) is 17.6 Å². The van der Waals surface area contributed by atoms with Crippen LogP contribution in [-0.2, 0) is 0 Å². The normalized spacial score (nSPS) is 13.5. The van der Waals surface area contributed by atoms with E-state index in [1.165, 1.54) is 6.33 Å². The van der Waals surface area contributed by atoms with Crippen LogP contribution in [0.4, 0.5) is 11.5 Å². The maximum Gasteiger partial charge on any atom is 0.242 e. The molecule has 5 nitrogen and oxygen atoms in total. The number of hydrogen-bond acceptors (Lipinski definition) is 5. The minimum Gasteiger partial charge on any atom is -0.473 e. The van der Waals surface area contributed by atoms with Crippen LogP contribution in [0.1, 0.15) is 41.5 Å². The summed E-state index contributed by atoms with van der Waals surface area (Å²) in [5.41, 5.74) is 6.75. The number of hydrogen-bond donors (Lipinski definition) is 1. The van der Waals surface area contributed by atoms with Crippen molar-refractivity contribution in [2.24, 2.45) is 5.41 Å². The van der Waals surface area contributed by atoms with Gasteiger partial charge < -0.3 is 15.4 Å². The lowest BCUT2D eigenvalue weighted by atomic mass is 9.87. The molecule has 19 heavy (non-hydrogen) atoms. The monoisotopic (exact) mass is 266 g/mol. The molecule has 1 aromatic rings. The van der Waals surface area contributed by atoms with Gasteiger partial charge in [-0.1, -0.05) is 20.8 Å². The predicted octanol–water partition coefficient (Wildman–Crippen LogP) is 2.72. The van der Waals surface area contributed by atoms with Crippen LogP contribution >= 0.6 is 0 Å². The molecule has 0 fully saturated rings. The summed E-state index contributed by atoms with van der Waals surface area (Å²) in [6.07, 6.45) is 1.53. The van der Waals surface area contributed by atoms with Crippen molar-refractivity contribution in [1.82, 2.24) is 9.97 Å². The Labute approximate surface area is 116 Å². The number of nitrogen functional groups attached to an aromatic ring is 1. The topological polar surface area (TPSA) is 64.3 Å². The Hall–Kier alpha value is -1.52. The number of ether oxygens (including phenoxy) is 1. The predicted molar refractivity (Wildman–Crippen MR) is 79.5 cm³/mol. The van der Waals surface area contributed by atoms with Crippen molar-refractivity contribution in [2.45, 2.75) is 53.7 Å². The summed E-state index contributed by atoms with van der Waals surface area (Å²) >= 11 is 0. The fourth-order valence-corrected chi connectivity index (χ4v) is 1.73. The van der Waals surface area contributed by atoms with E-state index < -0.39 is 0 Å². The molecule has 1 atom stereocenters. The molecule has 108 valence electrons. The first-order valence-corrected chi connectivity index (χ1v) is 6.64. The molecular weight excluding hydrogens is 240 g/mol. The third kappa shape index (κ3) is 3.72. The lowest BCUT2D eigenvalue weighted by Gasteiger charge is -2.36. The first kappa shape index (κ1) is 15.5. The van der Waals surface area contributed by atoms with Gasteiger partial charge in [0.25, 0.3) is 0 Å². The first-order valence-electron chi connectivity index (χ1n) is 6.64. The Morgan fingerprint density at radius 2 is 1.79 bits per heavy atom. The zero-order chi connectivity index (χ0) is 14.8. The Kier molecular flexibility index (Phi) is 4.61. The summed E-state index contributed by atoms with van der Waals surface area (Å²) in [4.78, 5) is 10.5. The molecule has 0 saturated heterocycles. The lowest BCUT2D eigenvalue weighted by molar-refractivity contribution is 0.233. The Balaban J connectivity index is 3.07. The quantitative estimate of drug-likeness (QED) is 0.907. The molecule has 1 unspecified atom stereocenters. The average molecular weight is 266 g/mol. The highest BCUT2D eigenvalue weighted by Gasteiger charge is 2.26. The zero-order valence-electron chi connectivity index (χ0n) is 13.1. The average Bonchev–Trinajstić information content (AvgIpc) is 2.28. The molecule has 0 aliphatic carbocycles. The number of anilines is 2. The molecule has 5 heteroatoms. The maximum atomic E-state index is 6.12. The minimum absolute atomic E-state index is 0.0374. The number of aromatic nitrogens is 2. The van der Waals surface area contributed by atoms with Crippen molar-refractivity contribution in [2.75, 3.05) is 17.7 Å². The van der Waals surface area contributed by atoms with Gasteiger partial charge in [-0.05, 0) is 26.2 Å². The summed E-state index contributed by atoms with van der Waals surface area (Å²) in [7, 11) is 1.99. The molecule has 0 saturated carbocycles. The number of rotatable bonds is 4. The van der Waals surface area contributed by atoms with Gasteiger partial charge in [0.2, 0.25) is 5.88 Å². The van der Waals surface area contributed by atoms with Crippen LogP contribution in [0.3, 0.4) is 0 Å². The molecule has 1 heterocycles. The molecule has 0 radical (unpaired) electrons. The Bertz CT molecular complexity index is 426. The SMILES string of the molecule is CC(C)Oc1ncnc(N(C)C(C)C(C)(C)C)c1N. The molecule has 0 bridgehead atoms. The lowest BCUT2D eigenvalue weighted by Crippen LogP contribution is -2.40. The van der Waals surface area contributed by atoms with E-state index in [4.69, 9.17) is 10.5 Å². The largest absolute Gasteiger partial charge is 0.473 e. The maximum absolute atomic E-state index is 6.12. The van der Waals surface area contributed by atoms with Gasteiger partial charge in [0, 0.05) is 13.1 Å². The summed E-state index contributed by atoms with van der Waals surface area (Å²) in [6.45, 7) is 12.6. The molecule has 0 aliphatic rings. The Morgan fingerprint density at radius 1 is 1.21 bits per heavy atom. The standard InChI is InChI=1S/C14H26N4O/c1-9(2)19-13-11(15)12(16-8-17-13)18(7)10(3)14(4,5)6/h8-10H,15H2,1-7H3. The van der Waals surface area contributed by atoms with Gasteiger partial charge in [-0.2, -0.15) is 4.98 Å².